The number of ether oxygens (including phenoxy) is 1. The second kappa shape index (κ2) is 4.72. The minimum Gasteiger partial charge on any atom is -0.388 e. The fourth-order valence-electron chi connectivity index (χ4n) is 9.34. The van der Waals surface area contributed by atoms with E-state index in [0.717, 1.165) is 19.1 Å². The summed E-state index contributed by atoms with van der Waals surface area (Å²) in [6, 6.07) is 0. The first-order valence-electron chi connectivity index (χ1n) is 10.7. The van der Waals surface area contributed by atoms with Crippen LogP contribution in [0.4, 0.5) is 0 Å². The molecule has 4 saturated carbocycles. The molecule has 2 heterocycles. The molecule has 4 bridgehead atoms. The van der Waals surface area contributed by atoms with Crippen LogP contribution in [0.25, 0.3) is 0 Å². The summed E-state index contributed by atoms with van der Waals surface area (Å²) in [5.74, 6) is 2.09. The Morgan fingerprint density at radius 2 is 2.00 bits per heavy atom. The summed E-state index contributed by atoms with van der Waals surface area (Å²) < 4.78 is 6.29. The molecule has 0 aromatic rings. The third-order valence-electron chi connectivity index (χ3n) is 10.0. The number of rotatable bonds is 0. The fraction of sp³-hybridized carbons (Fsp3) is 0.909. The molecule has 0 aromatic heterocycles. The highest BCUT2D eigenvalue weighted by Gasteiger charge is 2.71. The van der Waals surface area contributed by atoms with Gasteiger partial charge in [0.15, 0.2) is 0 Å². The predicted molar refractivity (Wildman–Crippen MR) is 96.8 cm³/mol. The molecule has 2 aliphatic heterocycles. The Hall–Kier alpha value is -0.380. The standard InChI is InChI=1S/C22H33NO2/c1-14-15-4-5-17-21(12-15,18(14)24)9-6-16-20(2)7-3-8-22(16,17)13-23-10-11-25-19(20)23/h15-19,24H,1,3-13H2,2H3/t15-,16-,17-,18+,19+,20-,21-,22+/m1/s1. The van der Waals surface area contributed by atoms with Crippen molar-refractivity contribution in [2.75, 3.05) is 19.7 Å². The first kappa shape index (κ1) is 15.7. The van der Waals surface area contributed by atoms with Gasteiger partial charge >= 0.3 is 0 Å². The van der Waals surface area contributed by atoms with E-state index >= 15 is 0 Å². The lowest BCUT2D eigenvalue weighted by molar-refractivity contribution is -0.259. The number of piperidine rings is 1. The van der Waals surface area contributed by atoms with Gasteiger partial charge in [-0.2, -0.15) is 0 Å². The molecule has 6 aliphatic rings. The maximum atomic E-state index is 11.3. The number of fused-ring (bicyclic) bond motifs is 3. The molecule has 25 heavy (non-hydrogen) atoms. The van der Waals surface area contributed by atoms with E-state index < -0.39 is 0 Å². The fourth-order valence-corrected chi connectivity index (χ4v) is 9.34. The molecular weight excluding hydrogens is 310 g/mol. The first-order chi connectivity index (χ1) is 12.0. The zero-order valence-corrected chi connectivity index (χ0v) is 15.7. The number of nitrogens with zero attached hydrogens (tertiary/aromatic N) is 1. The van der Waals surface area contributed by atoms with Crippen LogP contribution in [0.5, 0.6) is 0 Å². The van der Waals surface area contributed by atoms with Crippen LogP contribution in [-0.4, -0.2) is 42.0 Å². The summed E-state index contributed by atoms with van der Waals surface area (Å²) in [6.45, 7) is 10.1. The summed E-state index contributed by atoms with van der Waals surface area (Å²) in [4.78, 5) is 2.69. The molecule has 0 amide bonds. The van der Waals surface area contributed by atoms with Gasteiger partial charge in [-0.25, -0.2) is 0 Å². The molecule has 138 valence electrons. The Balaban J connectivity index is 1.49. The SMILES string of the molecule is C=C1[C@@H]2CC[C@H]3[C@@]45CCC[C@@](C)([C@@H]6OCCN6C4)[C@H]5CC[C@]3(C2)[C@H]1O. The molecule has 6 rings (SSSR count). The van der Waals surface area contributed by atoms with Crippen LogP contribution in [0.15, 0.2) is 12.2 Å². The quantitative estimate of drug-likeness (QED) is 0.683. The third kappa shape index (κ3) is 1.62. The number of hydrogen-bond acceptors (Lipinski definition) is 3. The summed E-state index contributed by atoms with van der Waals surface area (Å²) >= 11 is 0. The van der Waals surface area contributed by atoms with Gasteiger partial charge in [0.1, 0.15) is 6.23 Å². The molecule has 8 atom stereocenters. The molecule has 0 aromatic carbocycles. The molecule has 0 radical (unpaired) electrons. The number of hydrogen-bond donors (Lipinski definition) is 1. The van der Waals surface area contributed by atoms with Gasteiger partial charge in [-0.1, -0.05) is 19.9 Å². The van der Waals surface area contributed by atoms with Crippen molar-refractivity contribution in [2.24, 2.45) is 34.0 Å². The van der Waals surface area contributed by atoms with Crippen LogP contribution in [-0.2, 0) is 4.74 Å². The van der Waals surface area contributed by atoms with Crippen molar-refractivity contribution >= 4 is 0 Å². The lowest BCUT2D eigenvalue weighted by Crippen LogP contribution is -2.70. The molecule has 0 unspecified atom stereocenters. The highest BCUT2D eigenvalue weighted by molar-refractivity contribution is 5.28. The smallest absolute Gasteiger partial charge is 0.116 e. The molecule has 3 nitrogen and oxygen atoms in total. The zero-order valence-electron chi connectivity index (χ0n) is 15.7. The van der Waals surface area contributed by atoms with Crippen molar-refractivity contribution in [1.82, 2.24) is 4.90 Å². The van der Waals surface area contributed by atoms with E-state index in [4.69, 9.17) is 4.74 Å². The molecule has 3 heteroatoms. The zero-order chi connectivity index (χ0) is 17.0. The number of aliphatic hydroxyl groups excluding tert-OH is 1. The van der Waals surface area contributed by atoms with E-state index in [0.29, 0.717) is 28.9 Å². The average Bonchev–Trinajstić information content (AvgIpc) is 3.13. The summed E-state index contributed by atoms with van der Waals surface area (Å²) in [5.41, 5.74) is 2.08. The van der Waals surface area contributed by atoms with E-state index in [1.54, 1.807) is 0 Å². The van der Waals surface area contributed by atoms with Gasteiger partial charge in [0.2, 0.25) is 0 Å². The van der Waals surface area contributed by atoms with Gasteiger partial charge in [0, 0.05) is 23.9 Å². The third-order valence-corrected chi connectivity index (χ3v) is 10.0. The highest BCUT2D eigenvalue weighted by Crippen LogP contribution is 2.74. The molecule has 1 spiro atoms. The Kier molecular flexibility index (Phi) is 2.95. The van der Waals surface area contributed by atoms with Crippen molar-refractivity contribution < 1.29 is 9.84 Å². The summed E-state index contributed by atoms with van der Waals surface area (Å²) in [7, 11) is 0. The molecular formula is C22H33NO2. The van der Waals surface area contributed by atoms with Crippen molar-refractivity contribution in [2.45, 2.75) is 70.6 Å². The van der Waals surface area contributed by atoms with Crippen molar-refractivity contribution in [1.29, 1.82) is 0 Å². The van der Waals surface area contributed by atoms with E-state index in [-0.39, 0.29) is 11.5 Å². The van der Waals surface area contributed by atoms with Crippen molar-refractivity contribution in [3.63, 3.8) is 0 Å². The minimum absolute atomic E-state index is 0.155. The second-order valence-electron chi connectivity index (χ2n) is 10.6. The van der Waals surface area contributed by atoms with Gasteiger partial charge in [-0.15, -0.1) is 0 Å². The molecule has 1 N–H and O–H groups in total. The average molecular weight is 344 g/mol. The van der Waals surface area contributed by atoms with Crippen LogP contribution in [0.1, 0.15) is 58.3 Å². The highest BCUT2D eigenvalue weighted by atomic mass is 16.5. The van der Waals surface area contributed by atoms with Crippen molar-refractivity contribution in [3.05, 3.63) is 12.2 Å². The lowest BCUT2D eigenvalue weighted by atomic mass is 9.38. The van der Waals surface area contributed by atoms with E-state index in [1.807, 2.05) is 0 Å². The van der Waals surface area contributed by atoms with Crippen LogP contribution < -0.4 is 0 Å². The lowest BCUT2D eigenvalue weighted by Gasteiger charge is -2.70. The Labute approximate surface area is 151 Å². The summed E-state index contributed by atoms with van der Waals surface area (Å²) in [5, 5.41) is 11.3. The van der Waals surface area contributed by atoms with Crippen molar-refractivity contribution in [3.8, 4) is 0 Å². The van der Waals surface area contributed by atoms with E-state index in [2.05, 4.69) is 18.4 Å². The van der Waals surface area contributed by atoms with Gasteiger partial charge in [0.25, 0.3) is 0 Å². The second-order valence-corrected chi connectivity index (χ2v) is 10.6. The first-order valence-corrected chi connectivity index (χ1v) is 10.7. The van der Waals surface area contributed by atoms with Gasteiger partial charge in [0.05, 0.1) is 12.7 Å². The Morgan fingerprint density at radius 1 is 1.12 bits per heavy atom. The molecule has 2 saturated heterocycles. The maximum absolute atomic E-state index is 11.3. The van der Waals surface area contributed by atoms with Gasteiger partial charge < -0.3 is 9.84 Å². The number of aliphatic hydroxyl groups is 1. The monoisotopic (exact) mass is 343 g/mol. The van der Waals surface area contributed by atoms with Gasteiger partial charge in [-0.05, 0) is 73.7 Å². The largest absolute Gasteiger partial charge is 0.388 e. The minimum atomic E-state index is -0.235. The van der Waals surface area contributed by atoms with Crippen LogP contribution in [0.3, 0.4) is 0 Å². The topological polar surface area (TPSA) is 32.7 Å². The van der Waals surface area contributed by atoms with E-state index in [1.165, 1.54) is 63.5 Å². The normalized spacial score (nSPS) is 60.1. The van der Waals surface area contributed by atoms with Gasteiger partial charge in [-0.3, -0.25) is 4.90 Å². The van der Waals surface area contributed by atoms with E-state index in [9.17, 15) is 5.11 Å². The van der Waals surface area contributed by atoms with Crippen LogP contribution in [0.2, 0.25) is 0 Å². The molecule has 6 fully saturated rings. The Bertz CT molecular complexity index is 634. The van der Waals surface area contributed by atoms with Crippen LogP contribution >= 0.6 is 0 Å². The van der Waals surface area contributed by atoms with Crippen LogP contribution in [0, 0.1) is 34.0 Å². The Morgan fingerprint density at radius 3 is 2.88 bits per heavy atom. The summed E-state index contributed by atoms with van der Waals surface area (Å²) in [6.07, 6.45) is 10.5. The molecule has 4 aliphatic carbocycles. The maximum Gasteiger partial charge on any atom is 0.116 e. The predicted octanol–water partition coefficient (Wildman–Crippen LogP) is 3.58.